The van der Waals surface area contributed by atoms with Crippen LogP contribution in [0.1, 0.15) is 25.0 Å². The monoisotopic (exact) mass is 311 g/mol. The molecule has 0 radical (unpaired) electrons. The molecule has 2 rings (SSSR count). The molecule has 0 bridgehead atoms. The Morgan fingerprint density at radius 2 is 1.48 bits per heavy atom. The standard InChI is InChI=1S/C19H25N3O/c1-3-20-19(21-4-2)22-14-16-10-12-17(13-11-16)15-23-18-8-6-5-7-9-18/h5-13H,3-4,14-15H2,1-2H3,(H2,20,21,22). The minimum atomic E-state index is 0.577. The maximum absolute atomic E-state index is 5.75. The molecule has 0 aromatic heterocycles. The third-order valence-electron chi connectivity index (χ3n) is 3.28. The van der Waals surface area contributed by atoms with Crippen LogP contribution < -0.4 is 15.4 Å². The summed E-state index contributed by atoms with van der Waals surface area (Å²) in [5.41, 5.74) is 2.34. The second-order valence-corrected chi connectivity index (χ2v) is 5.14. The van der Waals surface area contributed by atoms with Gasteiger partial charge in [-0.2, -0.15) is 0 Å². The highest BCUT2D eigenvalue weighted by Gasteiger charge is 1.98. The van der Waals surface area contributed by atoms with Gasteiger partial charge in [0.05, 0.1) is 6.54 Å². The minimum Gasteiger partial charge on any atom is -0.489 e. The van der Waals surface area contributed by atoms with Crippen LogP contribution in [0.25, 0.3) is 0 Å². The zero-order valence-corrected chi connectivity index (χ0v) is 13.9. The maximum atomic E-state index is 5.75. The van der Waals surface area contributed by atoms with Gasteiger partial charge in [0.2, 0.25) is 0 Å². The van der Waals surface area contributed by atoms with Gasteiger partial charge in [0.25, 0.3) is 0 Å². The first kappa shape index (κ1) is 16.9. The predicted molar refractivity (Wildman–Crippen MR) is 95.7 cm³/mol. The van der Waals surface area contributed by atoms with Crippen molar-refractivity contribution in [3.8, 4) is 5.75 Å². The van der Waals surface area contributed by atoms with Gasteiger partial charge < -0.3 is 15.4 Å². The molecule has 4 nitrogen and oxygen atoms in total. The van der Waals surface area contributed by atoms with Gasteiger partial charge in [0.1, 0.15) is 12.4 Å². The second kappa shape index (κ2) is 9.51. The number of ether oxygens (including phenoxy) is 1. The van der Waals surface area contributed by atoms with Crippen molar-refractivity contribution in [2.45, 2.75) is 27.0 Å². The summed E-state index contributed by atoms with van der Waals surface area (Å²) in [5, 5.41) is 6.45. The first-order valence-corrected chi connectivity index (χ1v) is 8.09. The molecule has 23 heavy (non-hydrogen) atoms. The van der Waals surface area contributed by atoms with Crippen molar-refractivity contribution in [3.05, 3.63) is 65.7 Å². The van der Waals surface area contributed by atoms with Crippen molar-refractivity contribution in [1.82, 2.24) is 10.6 Å². The van der Waals surface area contributed by atoms with Crippen LogP contribution in [-0.4, -0.2) is 19.0 Å². The van der Waals surface area contributed by atoms with Crippen LogP contribution in [0.2, 0.25) is 0 Å². The average molecular weight is 311 g/mol. The Morgan fingerprint density at radius 3 is 2.09 bits per heavy atom. The first-order valence-electron chi connectivity index (χ1n) is 8.09. The molecule has 0 amide bonds. The van der Waals surface area contributed by atoms with Crippen molar-refractivity contribution in [1.29, 1.82) is 0 Å². The predicted octanol–water partition coefficient (Wildman–Crippen LogP) is 3.34. The van der Waals surface area contributed by atoms with Crippen LogP contribution in [0.5, 0.6) is 5.75 Å². The van der Waals surface area contributed by atoms with E-state index in [4.69, 9.17) is 4.74 Å². The molecule has 0 saturated carbocycles. The van der Waals surface area contributed by atoms with Crippen LogP contribution in [0, 0.1) is 0 Å². The van der Waals surface area contributed by atoms with Gasteiger partial charge >= 0.3 is 0 Å². The third kappa shape index (κ3) is 6.02. The van der Waals surface area contributed by atoms with Crippen molar-refractivity contribution >= 4 is 5.96 Å². The molecule has 0 atom stereocenters. The lowest BCUT2D eigenvalue weighted by Gasteiger charge is -2.09. The molecule has 0 aliphatic carbocycles. The highest BCUT2D eigenvalue weighted by atomic mass is 16.5. The largest absolute Gasteiger partial charge is 0.489 e. The number of guanidine groups is 1. The summed E-state index contributed by atoms with van der Waals surface area (Å²) >= 11 is 0. The minimum absolute atomic E-state index is 0.577. The molecule has 2 aromatic rings. The number of hydrogen-bond donors (Lipinski definition) is 2. The third-order valence-corrected chi connectivity index (χ3v) is 3.28. The lowest BCUT2D eigenvalue weighted by molar-refractivity contribution is 0.306. The highest BCUT2D eigenvalue weighted by Crippen LogP contribution is 2.12. The fraction of sp³-hybridized carbons (Fsp3) is 0.316. The fourth-order valence-corrected chi connectivity index (χ4v) is 2.10. The Morgan fingerprint density at radius 1 is 0.870 bits per heavy atom. The summed E-state index contributed by atoms with van der Waals surface area (Å²) in [5.74, 6) is 1.74. The molecule has 4 heteroatoms. The quantitative estimate of drug-likeness (QED) is 0.609. The lowest BCUT2D eigenvalue weighted by atomic mass is 10.1. The molecule has 2 aromatic carbocycles. The Kier molecular flexibility index (Phi) is 6.98. The van der Waals surface area contributed by atoms with Crippen LogP contribution >= 0.6 is 0 Å². The normalized spacial score (nSPS) is 10.0. The number of nitrogens with one attached hydrogen (secondary N) is 2. The summed E-state index contributed by atoms with van der Waals surface area (Å²) in [6, 6.07) is 18.2. The summed E-state index contributed by atoms with van der Waals surface area (Å²) in [4.78, 5) is 4.56. The van der Waals surface area contributed by atoms with Gasteiger partial charge in [-0.15, -0.1) is 0 Å². The number of para-hydroxylation sites is 1. The van der Waals surface area contributed by atoms with Gasteiger partial charge in [-0.05, 0) is 37.1 Å². The second-order valence-electron chi connectivity index (χ2n) is 5.14. The molecular weight excluding hydrogens is 286 g/mol. The molecule has 2 N–H and O–H groups in total. The topological polar surface area (TPSA) is 45.7 Å². The molecule has 0 heterocycles. The van der Waals surface area contributed by atoms with E-state index in [0.717, 1.165) is 30.4 Å². The molecule has 0 spiro atoms. The van der Waals surface area contributed by atoms with Gasteiger partial charge in [0.15, 0.2) is 5.96 Å². The summed E-state index contributed by atoms with van der Waals surface area (Å²) < 4.78 is 5.75. The van der Waals surface area contributed by atoms with Crippen molar-refractivity contribution in [2.24, 2.45) is 4.99 Å². The van der Waals surface area contributed by atoms with Crippen LogP contribution in [0.15, 0.2) is 59.6 Å². The van der Waals surface area contributed by atoms with E-state index in [1.807, 2.05) is 30.3 Å². The Balaban J connectivity index is 1.87. The maximum Gasteiger partial charge on any atom is 0.191 e. The molecule has 0 saturated heterocycles. The number of aliphatic imine (C=N–C) groups is 1. The number of rotatable bonds is 7. The SMILES string of the molecule is CCNC(=NCc1ccc(COc2ccccc2)cc1)NCC. The average Bonchev–Trinajstić information content (AvgIpc) is 2.60. The smallest absolute Gasteiger partial charge is 0.191 e. The van der Waals surface area contributed by atoms with E-state index in [1.54, 1.807) is 0 Å². The molecule has 122 valence electrons. The molecule has 0 unspecified atom stereocenters. The van der Waals surface area contributed by atoms with E-state index >= 15 is 0 Å². The number of nitrogens with zero attached hydrogens (tertiary/aromatic N) is 1. The van der Waals surface area contributed by atoms with Gasteiger partial charge in [-0.3, -0.25) is 0 Å². The number of benzene rings is 2. The van der Waals surface area contributed by atoms with E-state index in [2.05, 4.69) is 53.7 Å². The van der Waals surface area contributed by atoms with Gasteiger partial charge in [0, 0.05) is 13.1 Å². The van der Waals surface area contributed by atoms with Crippen molar-refractivity contribution in [3.63, 3.8) is 0 Å². The van der Waals surface area contributed by atoms with E-state index in [9.17, 15) is 0 Å². The van der Waals surface area contributed by atoms with Crippen LogP contribution in [0.3, 0.4) is 0 Å². The van der Waals surface area contributed by atoms with Gasteiger partial charge in [-0.1, -0.05) is 42.5 Å². The number of hydrogen-bond acceptors (Lipinski definition) is 2. The Labute approximate surface area is 138 Å². The zero-order chi connectivity index (χ0) is 16.3. The summed E-state index contributed by atoms with van der Waals surface area (Å²) in [6.07, 6.45) is 0. The lowest BCUT2D eigenvalue weighted by Crippen LogP contribution is -2.36. The van der Waals surface area contributed by atoms with Gasteiger partial charge in [-0.25, -0.2) is 4.99 Å². The Bertz CT molecular complexity index is 586. The molecule has 0 aliphatic heterocycles. The molecule has 0 fully saturated rings. The van der Waals surface area contributed by atoms with Crippen LogP contribution in [-0.2, 0) is 13.2 Å². The van der Waals surface area contributed by atoms with E-state index in [-0.39, 0.29) is 0 Å². The first-order chi connectivity index (χ1) is 11.3. The highest BCUT2D eigenvalue weighted by molar-refractivity contribution is 5.79. The fourth-order valence-electron chi connectivity index (χ4n) is 2.10. The van der Waals surface area contributed by atoms with E-state index in [0.29, 0.717) is 13.2 Å². The van der Waals surface area contributed by atoms with Crippen molar-refractivity contribution < 1.29 is 4.74 Å². The molecule has 0 aliphatic rings. The van der Waals surface area contributed by atoms with E-state index < -0.39 is 0 Å². The summed E-state index contributed by atoms with van der Waals surface area (Å²) in [7, 11) is 0. The summed E-state index contributed by atoms with van der Waals surface area (Å²) in [6.45, 7) is 7.09. The molecular formula is C19H25N3O. The van der Waals surface area contributed by atoms with E-state index in [1.165, 1.54) is 5.56 Å². The van der Waals surface area contributed by atoms with Crippen molar-refractivity contribution in [2.75, 3.05) is 13.1 Å². The zero-order valence-electron chi connectivity index (χ0n) is 13.9. The Hall–Kier alpha value is -2.49. The van der Waals surface area contributed by atoms with Crippen LogP contribution in [0.4, 0.5) is 0 Å².